The average Bonchev–Trinajstić information content (AvgIpc) is 2.26. The average molecular weight is 245 g/mol. The second kappa shape index (κ2) is 6.74. The lowest BCUT2D eigenvalue weighted by molar-refractivity contribution is 0.110. The molecule has 0 aliphatic heterocycles. The molecule has 3 nitrogen and oxygen atoms in total. The van der Waals surface area contributed by atoms with Crippen LogP contribution in [0.4, 0.5) is 0 Å². The van der Waals surface area contributed by atoms with Crippen LogP contribution in [0.1, 0.15) is 25.5 Å². The zero-order chi connectivity index (χ0) is 12.0. The van der Waals surface area contributed by atoms with Gasteiger partial charge in [-0.15, -0.1) is 0 Å². The summed E-state index contributed by atoms with van der Waals surface area (Å²) in [5.41, 5.74) is 0.780. The fourth-order valence-electron chi connectivity index (χ4n) is 1.25. The van der Waals surface area contributed by atoms with Gasteiger partial charge in [-0.3, -0.25) is 0 Å². The molecular weight excluding hydrogens is 228 g/mol. The van der Waals surface area contributed by atoms with Crippen LogP contribution < -0.4 is 4.74 Å². The highest BCUT2D eigenvalue weighted by atomic mass is 35.5. The monoisotopic (exact) mass is 244 g/mol. The first-order chi connectivity index (χ1) is 7.65. The standard InChI is InChI=1S/C12H17ClO3/c1-3-15-6-7-16-12-5-4-10(9(2)14)8-11(12)13/h4-5,8-9,14H,3,6-7H2,1-2H3/t9-/m0/s1. The fourth-order valence-corrected chi connectivity index (χ4v) is 1.49. The van der Waals surface area contributed by atoms with Crippen LogP contribution in [0.2, 0.25) is 5.02 Å². The van der Waals surface area contributed by atoms with E-state index in [0.717, 1.165) is 5.56 Å². The lowest BCUT2D eigenvalue weighted by Crippen LogP contribution is -2.06. The summed E-state index contributed by atoms with van der Waals surface area (Å²) in [7, 11) is 0. The minimum atomic E-state index is -0.519. The van der Waals surface area contributed by atoms with Gasteiger partial charge in [0.05, 0.1) is 17.7 Å². The lowest BCUT2D eigenvalue weighted by atomic mass is 10.1. The maximum absolute atomic E-state index is 9.37. The Morgan fingerprint density at radius 2 is 2.12 bits per heavy atom. The quantitative estimate of drug-likeness (QED) is 0.782. The molecule has 0 unspecified atom stereocenters. The molecule has 0 aliphatic rings. The molecule has 0 bridgehead atoms. The van der Waals surface area contributed by atoms with E-state index < -0.39 is 6.10 Å². The van der Waals surface area contributed by atoms with Crippen LogP contribution in [0.5, 0.6) is 5.75 Å². The zero-order valence-electron chi connectivity index (χ0n) is 9.57. The number of ether oxygens (including phenoxy) is 2. The van der Waals surface area contributed by atoms with E-state index >= 15 is 0 Å². The van der Waals surface area contributed by atoms with Gasteiger partial charge in [-0.1, -0.05) is 17.7 Å². The molecule has 1 rings (SSSR count). The molecule has 1 N–H and O–H groups in total. The Kier molecular flexibility index (Phi) is 5.60. The molecule has 4 heteroatoms. The van der Waals surface area contributed by atoms with Crippen LogP contribution >= 0.6 is 11.6 Å². The molecule has 0 saturated carbocycles. The third-order valence-electron chi connectivity index (χ3n) is 2.13. The molecule has 0 amide bonds. The molecule has 90 valence electrons. The number of aliphatic hydroxyl groups excluding tert-OH is 1. The lowest BCUT2D eigenvalue weighted by Gasteiger charge is -2.10. The van der Waals surface area contributed by atoms with Crippen LogP contribution in [0, 0.1) is 0 Å². The third-order valence-corrected chi connectivity index (χ3v) is 2.42. The van der Waals surface area contributed by atoms with Crippen LogP contribution in [0.25, 0.3) is 0 Å². The van der Waals surface area contributed by atoms with Gasteiger partial charge in [0.15, 0.2) is 0 Å². The van der Waals surface area contributed by atoms with Gasteiger partial charge in [0, 0.05) is 6.61 Å². The summed E-state index contributed by atoms with van der Waals surface area (Å²) in [6.45, 7) is 5.33. The number of aliphatic hydroxyl groups is 1. The number of benzene rings is 1. The summed E-state index contributed by atoms with van der Waals surface area (Å²) in [5.74, 6) is 0.616. The number of hydrogen-bond acceptors (Lipinski definition) is 3. The first kappa shape index (κ1) is 13.3. The maximum atomic E-state index is 9.37. The molecule has 0 radical (unpaired) electrons. The SMILES string of the molecule is CCOCCOc1ccc([C@H](C)O)cc1Cl. The normalized spacial score (nSPS) is 12.5. The second-order valence-corrected chi connectivity index (χ2v) is 3.82. The van der Waals surface area contributed by atoms with Gasteiger partial charge in [0.25, 0.3) is 0 Å². The van der Waals surface area contributed by atoms with Crippen molar-refractivity contribution in [1.82, 2.24) is 0 Å². The van der Waals surface area contributed by atoms with Crippen molar-refractivity contribution in [3.8, 4) is 5.75 Å². The maximum Gasteiger partial charge on any atom is 0.138 e. The van der Waals surface area contributed by atoms with Crippen LogP contribution in [-0.4, -0.2) is 24.9 Å². The van der Waals surface area contributed by atoms with Crippen molar-refractivity contribution in [2.45, 2.75) is 20.0 Å². The molecule has 1 aromatic rings. The predicted molar refractivity (Wildman–Crippen MR) is 64.1 cm³/mol. The molecule has 0 aromatic heterocycles. The van der Waals surface area contributed by atoms with Crippen molar-refractivity contribution in [3.63, 3.8) is 0 Å². The molecule has 1 aromatic carbocycles. The van der Waals surface area contributed by atoms with Crippen molar-refractivity contribution in [2.75, 3.05) is 19.8 Å². The van der Waals surface area contributed by atoms with Crippen LogP contribution in [0.15, 0.2) is 18.2 Å². The minimum absolute atomic E-state index is 0.474. The molecule has 0 fully saturated rings. The van der Waals surface area contributed by atoms with Gasteiger partial charge >= 0.3 is 0 Å². The highest BCUT2D eigenvalue weighted by Crippen LogP contribution is 2.27. The molecule has 0 spiro atoms. The zero-order valence-corrected chi connectivity index (χ0v) is 10.3. The van der Waals surface area contributed by atoms with Gasteiger partial charge in [-0.05, 0) is 31.5 Å². The van der Waals surface area contributed by atoms with E-state index in [0.29, 0.717) is 30.6 Å². The molecular formula is C12H17ClO3. The molecule has 0 saturated heterocycles. The summed E-state index contributed by atoms with van der Waals surface area (Å²) in [4.78, 5) is 0. The van der Waals surface area contributed by atoms with Crippen molar-refractivity contribution in [2.24, 2.45) is 0 Å². The number of halogens is 1. The number of hydrogen-bond donors (Lipinski definition) is 1. The predicted octanol–water partition coefficient (Wildman–Crippen LogP) is 2.81. The smallest absolute Gasteiger partial charge is 0.138 e. The van der Waals surface area contributed by atoms with Crippen molar-refractivity contribution in [3.05, 3.63) is 28.8 Å². The van der Waals surface area contributed by atoms with Crippen LogP contribution in [-0.2, 0) is 4.74 Å². The van der Waals surface area contributed by atoms with E-state index in [1.807, 2.05) is 6.92 Å². The third kappa shape index (κ3) is 4.00. The Morgan fingerprint density at radius 3 is 2.69 bits per heavy atom. The van der Waals surface area contributed by atoms with Gasteiger partial charge in [0.2, 0.25) is 0 Å². The summed E-state index contributed by atoms with van der Waals surface area (Å²) in [5, 5.41) is 9.87. The van der Waals surface area contributed by atoms with E-state index in [1.54, 1.807) is 25.1 Å². The molecule has 1 atom stereocenters. The Hall–Kier alpha value is -0.770. The Balaban J connectivity index is 2.54. The van der Waals surface area contributed by atoms with E-state index in [4.69, 9.17) is 21.1 Å². The summed E-state index contributed by atoms with van der Waals surface area (Å²) in [6, 6.07) is 5.27. The molecule has 0 aliphatic carbocycles. The van der Waals surface area contributed by atoms with Crippen molar-refractivity contribution < 1.29 is 14.6 Å². The van der Waals surface area contributed by atoms with Crippen molar-refractivity contribution >= 4 is 11.6 Å². The minimum Gasteiger partial charge on any atom is -0.490 e. The fraction of sp³-hybridized carbons (Fsp3) is 0.500. The first-order valence-electron chi connectivity index (χ1n) is 5.33. The number of rotatable bonds is 6. The van der Waals surface area contributed by atoms with E-state index in [9.17, 15) is 5.11 Å². The van der Waals surface area contributed by atoms with E-state index in [-0.39, 0.29) is 0 Å². The Labute approximate surface area is 101 Å². The summed E-state index contributed by atoms with van der Waals surface area (Å²) in [6.07, 6.45) is -0.519. The Bertz CT molecular complexity index is 326. The summed E-state index contributed by atoms with van der Waals surface area (Å²) < 4.78 is 10.6. The van der Waals surface area contributed by atoms with Gasteiger partial charge < -0.3 is 14.6 Å². The highest BCUT2D eigenvalue weighted by Gasteiger charge is 2.06. The van der Waals surface area contributed by atoms with Crippen molar-refractivity contribution in [1.29, 1.82) is 0 Å². The first-order valence-corrected chi connectivity index (χ1v) is 5.71. The Morgan fingerprint density at radius 1 is 1.38 bits per heavy atom. The largest absolute Gasteiger partial charge is 0.490 e. The van der Waals surface area contributed by atoms with Gasteiger partial charge in [-0.25, -0.2) is 0 Å². The topological polar surface area (TPSA) is 38.7 Å². The molecule has 0 heterocycles. The highest BCUT2D eigenvalue weighted by molar-refractivity contribution is 6.32. The van der Waals surface area contributed by atoms with Crippen LogP contribution in [0.3, 0.4) is 0 Å². The van der Waals surface area contributed by atoms with E-state index in [2.05, 4.69) is 0 Å². The van der Waals surface area contributed by atoms with Gasteiger partial charge in [0.1, 0.15) is 12.4 Å². The van der Waals surface area contributed by atoms with E-state index in [1.165, 1.54) is 0 Å². The second-order valence-electron chi connectivity index (χ2n) is 3.41. The molecule has 16 heavy (non-hydrogen) atoms. The summed E-state index contributed by atoms with van der Waals surface area (Å²) >= 11 is 6.01. The van der Waals surface area contributed by atoms with Gasteiger partial charge in [-0.2, -0.15) is 0 Å².